The van der Waals surface area contributed by atoms with Crippen molar-refractivity contribution in [2.45, 2.75) is 31.6 Å². The maximum absolute atomic E-state index is 12.2. The van der Waals surface area contributed by atoms with Crippen molar-refractivity contribution in [1.29, 1.82) is 0 Å². The van der Waals surface area contributed by atoms with Crippen LogP contribution in [0.4, 0.5) is 0 Å². The minimum absolute atomic E-state index is 0.0138. The molecule has 1 heterocycles. The Balaban J connectivity index is 1.96. The van der Waals surface area contributed by atoms with E-state index >= 15 is 0 Å². The molecule has 0 saturated carbocycles. The Morgan fingerprint density at radius 3 is 2.60 bits per heavy atom. The molecule has 110 valence electrons. The lowest BCUT2D eigenvalue weighted by Crippen LogP contribution is -2.43. The Morgan fingerprint density at radius 1 is 1.30 bits per heavy atom. The fourth-order valence-electron chi connectivity index (χ4n) is 2.09. The van der Waals surface area contributed by atoms with Gasteiger partial charge in [0.05, 0.1) is 4.90 Å². The van der Waals surface area contributed by atoms with Crippen molar-refractivity contribution in [2.75, 3.05) is 19.6 Å². The number of carbonyl (C=O) groups is 1. The van der Waals surface area contributed by atoms with Crippen molar-refractivity contribution in [3.8, 4) is 0 Å². The summed E-state index contributed by atoms with van der Waals surface area (Å²) in [6.45, 7) is 5.35. The van der Waals surface area contributed by atoms with Crippen molar-refractivity contribution in [1.82, 2.24) is 9.62 Å². The number of carbonyl (C=O) groups excluding carboxylic acids is 1. The van der Waals surface area contributed by atoms with Crippen LogP contribution in [0.2, 0.25) is 0 Å². The normalized spacial score (nSPS) is 15.0. The predicted octanol–water partition coefficient (Wildman–Crippen LogP) is 1.20. The fraction of sp³-hybridized carbons (Fsp3) is 0.500. The van der Waals surface area contributed by atoms with E-state index in [1.807, 2.05) is 13.0 Å². The molecule has 1 aromatic rings. The van der Waals surface area contributed by atoms with E-state index in [9.17, 15) is 13.2 Å². The Morgan fingerprint density at radius 2 is 2.00 bits per heavy atom. The Labute approximate surface area is 120 Å². The van der Waals surface area contributed by atoms with E-state index in [0.29, 0.717) is 5.56 Å². The molecule has 0 aliphatic carbocycles. The third-order valence-electron chi connectivity index (χ3n) is 3.47. The zero-order valence-corrected chi connectivity index (χ0v) is 12.7. The molecule has 0 atom stereocenters. The van der Waals surface area contributed by atoms with Gasteiger partial charge in [0.2, 0.25) is 15.9 Å². The Hall–Kier alpha value is -1.40. The van der Waals surface area contributed by atoms with Gasteiger partial charge in [-0.05, 0) is 37.5 Å². The summed E-state index contributed by atoms with van der Waals surface area (Å²) in [5.74, 6) is 0.0138. The first kappa shape index (κ1) is 15.0. The monoisotopic (exact) mass is 296 g/mol. The molecule has 0 radical (unpaired) electrons. The molecule has 0 unspecified atom stereocenters. The van der Waals surface area contributed by atoms with Crippen LogP contribution in [0.25, 0.3) is 0 Å². The second-order valence-electron chi connectivity index (χ2n) is 5.15. The van der Waals surface area contributed by atoms with Crippen molar-refractivity contribution in [3.63, 3.8) is 0 Å². The SMILES string of the molecule is Cc1ccc(C)c(S(=O)(=O)NCCC(=O)N2CCC2)c1. The highest BCUT2D eigenvalue weighted by Gasteiger charge is 2.21. The molecule has 0 spiro atoms. The van der Waals surface area contributed by atoms with Gasteiger partial charge >= 0.3 is 0 Å². The maximum Gasteiger partial charge on any atom is 0.240 e. The topological polar surface area (TPSA) is 66.5 Å². The molecule has 1 aromatic carbocycles. The van der Waals surface area contributed by atoms with E-state index in [1.54, 1.807) is 24.0 Å². The number of sulfonamides is 1. The average Bonchev–Trinajstić information content (AvgIpc) is 2.29. The summed E-state index contributed by atoms with van der Waals surface area (Å²) < 4.78 is 26.9. The molecule has 1 saturated heterocycles. The summed E-state index contributed by atoms with van der Waals surface area (Å²) in [6, 6.07) is 5.31. The number of hydrogen-bond acceptors (Lipinski definition) is 3. The van der Waals surface area contributed by atoms with Crippen molar-refractivity contribution in [3.05, 3.63) is 29.3 Å². The molecule has 1 aliphatic heterocycles. The van der Waals surface area contributed by atoms with Gasteiger partial charge in [0, 0.05) is 26.1 Å². The molecule has 1 N–H and O–H groups in total. The summed E-state index contributed by atoms with van der Waals surface area (Å²) in [7, 11) is -3.54. The molecule has 20 heavy (non-hydrogen) atoms. The van der Waals surface area contributed by atoms with Gasteiger partial charge in [-0.25, -0.2) is 13.1 Å². The van der Waals surface area contributed by atoms with Gasteiger partial charge in [-0.1, -0.05) is 12.1 Å². The van der Waals surface area contributed by atoms with E-state index < -0.39 is 10.0 Å². The standard InChI is InChI=1S/C14H20N2O3S/c1-11-4-5-12(2)13(10-11)20(18,19)15-7-6-14(17)16-8-3-9-16/h4-5,10,15H,3,6-9H2,1-2H3. The van der Waals surface area contributed by atoms with Gasteiger partial charge in [-0.3, -0.25) is 4.79 Å². The first-order chi connectivity index (χ1) is 9.40. The summed E-state index contributed by atoms with van der Waals surface area (Å²) in [5.41, 5.74) is 1.60. The molecule has 0 aromatic heterocycles. The smallest absolute Gasteiger partial charge is 0.240 e. The zero-order chi connectivity index (χ0) is 14.8. The van der Waals surface area contributed by atoms with Crippen LogP contribution in [0.15, 0.2) is 23.1 Å². The zero-order valence-electron chi connectivity index (χ0n) is 11.8. The molecule has 1 amide bonds. The van der Waals surface area contributed by atoms with Crippen molar-refractivity contribution in [2.24, 2.45) is 0 Å². The Kier molecular flexibility index (Phi) is 4.45. The van der Waals surface area contributed by atoms with Crippen LogP contribution in [0.1, 0.15) is 24.0 Å². The van der Waals surface area contributed by atoms with Crippen LogP contribution in [0, 0.1) is 13.8 Å². The van der Waals surface area contributed by atoms with E-state index in [2.05, 4.69) is 4.72 Å². The Bertz CT molecular complexity index is 607. The van der Waals surface area contributed by atoms with E-state index in [-0.39, 0.29) is 23.8 Å². The second-order valence-corrected chi connectivity index (χ2v) is 6.89. The van der Waals surface area contributed by atoms with Crippen molar-refractivity contribution >= 4 is 15.9 Å². The number of likely N-dealkylation sites (tertiary alicyclic amines) is 1. The van der Waals surface area contributed by atoms with Crippen LogP contribution < -0.4 is 4.72 Å². The minimum atomic E-state index is -3.54. The summed E-state index contributed by atoms with van der Waals surface area (Å²) in [4.78, 5) is 13.7. The lowest BCUT2D eigenvalue weighted by molar-refractivity contribution is -0.134. The number of benzene rings is 1. The molecular formula is C14H20N2O3S. The molecule has 1 aliphatic rings. The highest BCUT2D eigenvalue weighted by Crippen LogP contribution is 2.16. The van der Waals surface area contributed by atoms with Gasteiger partial charge in [-0.2, -0.15) is 0 Å². The molecule has 0 bridgehead atoms. The molecule has 6 heteroatoms. The number of hydrogen-bond donors (Lipinski definition) is 1. The number of nitrogens with zero attached hydrogens (tertiary/aromatic N) is 1. The van der Waals surface area contributed by atoms with Crippen LogP contribution in [-0.4, -0.2) is 38.9 Å². The van der Waals surface area contributed by atoms with Crippen LogP contribution >= 0.6 is 0 Å². The summed E-state index contributed by atoms with van der Waals surface area (Å²) in [6.07, 6.45) is 1.25. The van der Waals surface area contributed by atoms with Gasteiger partial charge in [0.25, 0.3) is 0 Å². The van der Waals surface area contributed by atoms with Crippen LogP contribution in [0.3, 0.4) is 0 Å². The first-order valence-electron chi connectivity index (χ1n) is 6.75. The van der Waals surface area contributed by atoms with Gasteiger partial charge in [-0.15, -0.1) is 0 Å². The van der Waals surface area contributed by atoms with Crippen LogP contribution in [-0.2, 0) is 14.8 Å². The minimum Gasteiger partial charge on any atom is -0.343 e. The van der Waals surface area contributed by atoms with Gasteiger partial charge in [0.15, 0.2) is 0 Å². The highest BCUT2D eigenvalue weighted by molar-refractivity contribution is 7.89. The van der Waals surface area contributed by atoms with Gasteiger partial charge < -0.3 is 4.90 Å². The van der Waals surface area contributed by atoms with Gasteiger partial charge in [0.1, 0.15) is 0 Å². The molecule has 5 nitrogen and oxygen atoms in total. The number of nitrogens with one attached hydrogen (secondary N) is 1. The fourth-order valence-corrected chi connectivity index (χ4v) is 3.45. The average molecular weight is 296 g/mol. The first-order valence-corrected chi connectivity index (χ1v) is 8.23. The lowest BCUT2D eigenvalue weighted by Gasteiger charge is -2.30. The summed E-state index contributed by atoms with van der Waals surface area (Å²) in [5, 5.41) is 0. The van der Waals surface area contributed by atoms with Crippen molar-refractivity contribution < 1.29 is 13.2 Å². The van der Waals surface area contributed by atoms with Crippen LogP contribution in [0.5, 0.6) is 0 Å². The highest BCUT2D eigenvalue weighted by atomic mass is 32.2. The molecule has 1 fully saturated rings. The third kappa shape index (κ3) is 3.37. The maximum atomic E-state index is 12.2. The van der Waals surface area contributed by atoms with E-state index in [0.717, 1.165) is 25.1 Å². The number of amides is 1. The quantitative estimate of drug-likeness (QED) is 0.888. The number of aryl methyl sites for hydroxylation is 2. The molecule has 2 rings (SSSR count). The van der Waals surface area contributed by atoms with E-state index in [1.165, 1.54) is 0 Å². The second kappa shape index (κ2) is 5.93. The summed E-state index contributed by atoms with van der Waals surface area (Å²) >= 11 is 0. The largest absolute Gasteiger partial charge is 0.343 e. The predicted molar refractivity (Wildman–Crippen MR) is 76.9 cm³/mol. The third-order valence-corrected chi connectivity index (χ3v) is 5.08. The molecular weight excluding hydrogens is 276 g/mol. The lowest BCUT2D eigenvalue weighted by atomic mass is 10.2. The number of rotatable bonds is 5. The van der Waals surface area contributed by atoms with E-state index in [4.69, 9.17) is 0 Å².